The second-order valence-electron chi connectivity index (χ2n) is 9.22. The molecule has 1 saturated carbocycles. The molecule has 1 aromatic heterocycles. The van der Waals surface area contributed by atoms with Gasteiger partial charge in [0, 0.05) is 24.9 Å². The molecule has 0 aromatic carbocycles. The Hall–Kier alpha value is -1.91. The molecule has 150 valence electrons. The maximum atomic E-state index is 12.7. The number of rotatable bonds is 6. The summed E-state index contributed by atoms with van der Waals surface area (Å²) in [6.45, 7) is 11.2. The lowest BCUT2D eigenvalue weighted by atomic mass is 9.69. The summed E-state index contributed by atoms with van der Waals surface area (Å²) >= 11 is 0. The van der Waals surface area contributed by atoms with Crippen LogP contribution in [-0.2, 0) is 16.1 Å². The Labute approximate surface area is 163 Å². The van der Waals surface area contributed by atoms with Gasteiger partial charge in [-0.1, -0.05) is 40.7 Å². The van der Waals surface area contributed by atoms with Crippen LogP contribution in [0.25, 0.3) is 0 Å². The molecule has 0 saturated heterocycles. The number of amides is 2. The van der Waals surface area contributed by atoms with Gasteiger partial charge in [-0.2, -0.15) is 0 Å². The van der Waals surface area contributed by atoms with Crippen LogP contribution in [0.4, 0.5) is 0 Å². The van der Waals surface area contributed by atoms with Crippen molar-refractivity contribution in [3.05, 3.63) is 30.1 Å². The molecule has 5 heteroatoms. The third kappa shape index (κ3) is 6.33. The summed E-state index contributed by atoms with van der Waals surface area (Å²) in [5, 5.41) is 5.93. The fraction of sp³-hybridized carbons (Fsp3) is 0.682. The standard InChI is InChI=1S/C22H35N3O2/c1-15(2)19(21(27)24-14-16-7-6-12-23-13-16)25-20(26)17-8-10-18(11-9-17)22(3,4)5/h6-7,12-13,15,17-19H,8-11,14H2,1-5H3,(H,24,27)(H,25,26)/t17?,18?,19-/m1/s1. The molecule has 27 heavy (non-hydrogen) atoms. The summed E-state index contributed by atoms with van der Waals surface area (Å²) in [6, 6.07) is 3.26. The molecule has 1 heterocycles. The van der Waals surface area contributed by atoms with Crippen molar-refractivity contribution in [2.24, 2.45) is 23.2 Å². The van der Waals surface area contributed by atoms with Crippen molar-refractivity contribution in [2.45, 2.75) is 72.9 Å². The van der Waals surface area contributed by atoms with Crippen molar-refractivity contribution in [2.75, 3.05) is 0 Å². The molecule has 0 radical (unpaired) electrons. The molecule has 1 aliphatic rings. The third-order valence-corrected chi connectivity index (χ3v) is 5.76. The fourth-order valence-corrected chi connectivity index (χ4v) is 3.83. The molecular formula is C22H35N3O2. The van der Waals surface area contributed by atoms with Gasteiger partial charge in [-0.3, -0.25) is 14.6 Å². The molecule has 0 bridgehead atoms. The number of pyridine rings is 1. The number of hydrogen-bond donors (Lipinski definition) is 2. The predicted molar refractivity (Wildman–Crippen MR) is 108 cm³/mol. The molecular weight excluding hydrogens is 338 g/mol. The highest BCUT2D eigenvalue weighted by Crippen LogP contribution is 2.39. The van der Waals surface area contributed by atoms with Gasteiger partial charge in [0.1, 0.15) is 6.04 Å². The van der Waals surface area contributed by atoms with E-state index in [-0.39, 0.29) is 23.7 Å². The third-order valence-electron chi connectivity index (χ3n) is 5.76. The first-order valence-electron chi connectivity index (χ1n) is 10.2. The number of nitrogens with one attached hydrogen (secondary N) is 2. The molecule has 1 fully saturated rings. The number of carbonyl (C=O) groups excluding carboxylic acids is 2. The molecule has 0 spiro atoms. The van der Waals surface area contributed by atoms with E-state index < -0.39 is 6.04 Å². The van der Waals surface area contributed by atoms with Crippen molar-refractivity contribution < 1.29 is 9.59 Å². The van der Waals surface area contributed by atoms with Gasteiger partial charge in [-0.05, 0) is 54.6 Å². The van der Waals surface area contributed by atoms with Crippen LogP contribution in [0.5, 0.6) is 0 Å². The van der Waals surface area contributed by atoms with E-state index in [4.69, 9.17) is 0 Å². The topological polar surface area (TPSA) is 71.1 Å². The van der Waals surface area contributed by atoms with E-state index in [1.165, 1.54) is 0 Å². The number of nitrogens with zero attached hydrogens (tertiary/aromatic N) is 1. The zero-order chi connectivity index (χ0) is 20.0. The van der Waals surface area contributed by atoms with Crippen LogP contribution in [0.15, 0.2) is 24.5 Å². The highest BCUT2D eigenvalue weighted by Gasteiger charge is 2.34. The van der Waals surface area contributed by atoms with Gasteiger partial charge < -0.3 is 10.6 Å². The van der Waals surface area contributed by atoms with Gasteiger partial charge in [0.15, 0.2) is 0 Å². The molecule has 1 atom stereocenters. The lowest BCUT2D eigenvalue weighted by Gasteiger charge is -2.37. The minimum Gasteiger partial charge on any atom is -0.350 e. The Bertz CT molecular complexity index is 614. The first-order chi connectivity index (χ1) is 12.7. The van der Waals surface area contributed by atoms with Gasteiger partial charge in [-0.15, -0.1) is 0 Å². The second-order valence-corrected chi connectivity index (χ2v) is 9.22. The van der Waals surface area contributed by atoms with Crippen molar-refractivity contribution in [1.82, 2.24) is 15.6 Å². The van der Waals surface area contributed by atoms with E-state index in [1.54, 1.807) is 12.4 Å². The lowest BCUT2D eigenvalue weighted by molar-refractivity contribution is -0.133. The molecule has 2 amide bonds. The van der Waals surface area contributed by atoms with E-state index in [2.05, 4.69) is 36.4 Å². The normalized spacial score (nSPS) is 21.6. The van der Waals surface area contributed by atoms with Crippen LogP contribution >= 0.6 is 0 Å². The minimum absolute atomic E-state index is 0.0240. The zero-order valence-electron chi connectivity index (χ0n) is 17.4. The summed E-state index contributed by atoms with van der Waals surface area (Å²) in [5.74, 6) is 0.623. The molecule has 1 aromatic rings. The quantitative estimate of drug-likeness (QED) is 0.799. The van der Waals surface area contributed by atoms with Crippen molar-refractivity contribution in [1.29, 1.82) is 0 Å². The molecule has 2 rings (SSSR count). The molecule has 5 nitrogen and oxygen atoms in total. The molecule has 0 aliphatic heterocycles. The monoisotopic (exact) mass is 373 g/mol. The van der Waals surface area contributed by atoms with Crippen molar-refractivity contribution in [3.8, 4) is 0 Å². The van der Waals surface area contributed by atoms with E-state index >= 15 is 0 Å². The van der Waals surface area contributed by atoms with Gasteiger partial charge in [0.2, 0.25) is 11.8 Å². The highest BCUT2D eigenvalue weighted by molar-refractivity contribution is 5.88. The van der Waals surface area contributed by atoms with E-state index in [1.807, 2.05) is 26.0 Å². The largest absolute Gasteiger partial charge is 0.350 e. The number of aromatic nitrogens is 1. The first-order valence-corrected chi connectivity index (χ1v) is 10.2. The van der Waals surface area contributed by atoms with Crippen molar-refractivity contribution in [3.63, 3.8) is 0 Å². The predicted octanol–water partition coefficient (Wildman–Crippen LogP) is 3.69. The summed E-state index contributed by atoms with van der Waals surface area (Å²) in [6.07, 6.45) is 7.43. The van der Waals surface area contributed by atoms with E-state index in [0.717, 1.165) is 31.2 Å². The smallest absolute Gasteiger partial charge is 0.243 e. The van der Waals surface area contributed by atoms with E-state index in [9.17, 15) is 9.59 Å². The zero-order valence-corrected chi connectivity index (χ0v) is 17.4. The van der Waals surface area contributed by atoms with Crippen LogP contribution in [-0.4, -0.2) is 22.8 Å². The Morgan fingerprint density at radius 1 is 1.19 bits per heavy atom. The maximum absolute atomic E-state index is 12.7. The molecule has 2 N–H and O–H groups in total. The second kappa shape index (κ2) is 9.34. The summed E-state index contributed by atoms with van der Waals surface area (Å²) < 4.78 is 0. The average molecular weight is 374 g/mol. The van der Waals surface area contributed by atoms with Crippen molar-refractivity contribution >= 4 is 11.8 Å². The van der Waals surface area contributed by atoms with Crippen LogP contribution in [0.2, 0.25) is 0 Å². The van der Waals surface area contributed by atoms with Gasteiger partial charge in [-0.25, -0.2) is 0 Å². The minimum atomic E-state index is -0.505. The number of hydrogen-bond acceptors (Lipinski definition) is 3. The maximum Gasteiger partial charge on any atom is 0.243 e. The Morgan fingerprint density at radius 3 is 2.37 bits per heavy atom. The molecule has 1 aliphatic carbocycles. The fourth-order valence-electron chi connectivity index (χ4n) is 3.83. The highest BCUT2D eigenvalue weighted by atomic mass is 16.2. The average Bonchev–Trinajstić information content (AvgIpc) is 2.64. The Balaban J connectivity index is 1.87. The summed E-state index contributed by atoms with van der Waals surface area (Å²) in [4.78, 5) is 29.4. The summed E-state index contributed by atoms with van der Waals surface area (Å²) in [7, 11) is 0. The van der Waals surface area contributed by atoms with Crippen LogP contribution in [0.1, 0.15) is 65.9 Å². The first kappa shape index (κ1) is 21.4. The molecule has 0 unspecified atom stereocenters. The van der Waals surface area contributed by atoms with Gasteiger partial charge in [0.05, 0.1) is 0 Å². The SMILES string of the molecule is CC(C)[C@@H](NC(=O)C1CCC(C(C)(C)C)CC1)C(=O)NCc1cccnc1. The van der Waals surface area contributed by atoms with E-state index in [0.29, 0.717) is 17.9 Å². The van der Waals surface area contributed by atoms with Gasteiger partial charge >= 0.3 is 0 Å². The van der Waals surface area contributed by atoms with Crippen LogP contribution < -0.4 is 10.6 Å². The van der Waals surface area contributed by atoms with Crippen LogP contribution in [0.3, 0.4) is 0 Å². The lowest BCUT2D eigenvalue weighted by Crippen LogP contribution is -2.51. The van der Waals surface area contributed by atoms with Gasteiger partial charge in [0.25, 0.3) is 0 Å². The Morgan fingerprint density at radius 2 is 1.85 bits per heavy atom. The van der Waals surface area contributed by atoms with Crippen LogP contribution in [0, 0.1) is 23.2 Å². The Kier molecular flexibility index (Phi) is 7.40. The summed E-state index contributed by atoms with van der Waals surface area (Å²) in [5.41, 5.74) is 1.24. The number of carbonyl (C=O) groups is 2.